The molecular formula is C19H18N6O4. The van der Waals surface area contributed by atoms with E-state index < -0.39 is 4.92 Å². The van der Waals surface area contributed by atoms with Crippen LogP contribution >= 0.6 is 0 Å². The molecule has 0 saturated heterocycles. The second-order valence-corrected chi connectivity index (χ2v) is 6.68. The van der Waals surface area contributed by atoms with Crippen molar-refractivity contribution in [3.05, 3.63) is 74.2 Å². The Morgan fingerprint density at radius 1 is 1.31 bits per heavy atom. The van der Waals surface area contributed by atoms with Crippen molar-refractivity contribution in [1.29, 1.82) is 0 Å². The minimum absolute atomic E-state index is 0.00689. The third-order valence-corrected chi connectivity index (χ3v) is 4.85. The molecule has 0 spiro atoms. The molecule has 0 unspecified atom stereocenters. The molecule has 1 aromatic carbocycles. The Kier molecular flexibility index (Phi) is 5.00. The van der Waals surface area contributed by atoms with E-state index in [4.69, 9.17) is 4.74 Å². The summed E-state index contributed by atoms with van der Waals surface area (Å²) in [4.78, 5) is 40.6. The second kappa shape index (κ2) is 7.76. The van der Waals surface area contributed by atoms with Crippen LogP contribution in [0.25, 0.3) is 11.4 Å². The number of nitrogens with zero attached hydrogens (tertiary/aromatic N) is 5. The summed E-state index contributed by atoms with van der Waals surface area (Å²) in [6, 6.07) is 4.51. The monoisotopic (exact) mass is 394 g/mol. The number of H-pyrrole nitrogens is 1. The Bertz CT molecular complexity index is 1120. The zero-order valence-corrected chi connectivity index (χ0v) is 15.7. The number of nitro benzene ring substituents is 1. The Morgan fingerprint density at radius 3 is 2.83 bits per heavy atom. The number of aromatic nitrogens is 4. The fourth-order valence-corrected chi connectivity index (χ4v) is 3.42. The first kappa shape index (κ1) is 18.7. The van der Waals surface area contributed by atoms with Crippen molar-refractivity contribution in [3.63, 3.8) is 0 Å². The molecule has 1 N–H and O–H groups in total. The predicted octanol–water partition coefficient (Wildman–Crippen LogP) is 1.70. The van der Waals surface area contributed by atoms with E-state index in [-0.39, 0.29) is 11.2 Å². The number of rotatable bonds is 5. The van der Waals surface area contributed by atoms with Crippen molar-refractivity contribution >= 4 is 5.69 Å². The lowest BCUT2D eigenvalue weighted by molar-refractivity contribution is -0.385. The molecular weight excluding hydrogens is 376 g/mol. The molecule has 1 aliphatic heterocycles. The van der Waals surface area contributed by atoms with Crippen LogP contribution in [0.3, 0.4) is 0 Å². The zero-order valence-electron chi connectivity index (χ0n) is 15.7. The lowest BCUT2D eigenvalue weighted by atomic mass is 10.0. The van der Waals surface area contributed by atoms with Gasteiger partial charge in [-0.1, -0.05) is 0 Å². The van der Waals surface area contributed by atoms with Gasteiger partial charge in [0, 0.05) is 56.1 Å². The van der Waals surface area contributed by atoms with Crippen molar-refractivity contribution < 1.29 is 9.66 Å². The summed E-state index contributed by atoms with van der Waals surface area (Å²) in [7, 11) is 1.53. The van der Waals surface area contributed by atoms with Gasteiger partial charge in [-0.3, -0.25) is 19.8 Å². The highest BCUT2D eigenvalue weighted by molar-refractivity contribution is 5.52. The first-order valence-corrected chi connectivity index (χ1v) is 8.96. The van der Waals surface area contributed by atoms with Crippen LogP contribution in [0.5, 0.6) is 5.75 Å². The molecule has 10 nitrogen and oxygen atoms in total. The van der Waals surface area contributed by atoms with Gasteiger partial charge in [0.2, 0.25) is 0 Å². The lowest BCUT2D eigenvalue weighted by Crippen LogP contribution is -2.35. The van der Waals surface area contributed by atoms with Crippen molar-refractivity contribution in [2.45, 2.75) is 19.5 Å². The molecule has 148 valence electrons. The minimum atomic E-state index is -0.433. The number of aromatic amines is 1. The number of non-ortho nitro benzene ring substituents is 1. The van der Waals surface area contributed by atoms with E-state index in [0.717, 1.165) is 5.69 Å². The van der Waals surface area contributed by atoms with Crippen molar-refractivity contribution in [2.75, 3.05) is 13.7 Å². The molecule has 3 aromatic rings. The molecule has 0 saturated carbocycles. The number of fused-ring (bicyclic) bond motifs is 1. The molecule has 10 heteroatoms. The lowest BCUT2D eigenvalue weighted by Gasteiger charge is -2.28. The average Bonchev–Trinajstić information content (AvgIpc) is 2.74. The van der Waals surface area contributed by atoms with Crippen molar-refractivity contribution in [3.8, 4) is 17.1 Å². The maximum Gasteiger partial charge on any atom is 0.270 e. The SMILES string of the molecule is COc1ccc([N+](=O)[O-])cc1CN1CCc2nc(-c3cncnc3)[nH]c(=O)c2C1. The third kappa shape index (κ3) is 3.83. The van der Waals surface area contributed by atoms with E-state index in [9.17, 15) is 14.9 Å². The Morgan fingerprint density at radius 2 is 2.10 bits per heavy atom. The van der Waals surface area contributed by atoms with Gasteiger partial charge >= 0.3 is 0 Å². The number of ether oxygens (including phenoxy) is 1. The summed E-state index contributed by atoms with van der Waals surface area (Å²) < 4.78 is 5.34. The van der Waals surface area contributed by atoms with Gasteiger partial charge in [-0.25, -0.2) is 15.0 Å². The minimum Gasteiger partial charge on any atom is -0.496 e. The Balaban J connectivity index is 1.59. The van der Waals surface area contributed by atoms with Crippen molar-refractivity contribution in [2.24, 2.45) is 0 Å². The van der Waals surface area contributed by atoms with Crippen LogP contribution in [-0.4, -0.2) is 43.4 Å². The van der Waals surface area contributed by atoms with Crippen LogP contribution in [0, 0.1) is 10.1 Å². The highest BCUT2D eigenvalue weighted by Crippen LogP contribution is 2.27. The fraction of sp³-hybridized carbons (Fsp3) is 0.263. The van der Waals surface area contributed by atoms with E-state index in [1.807, 2.05) is 4.90 Å². The molecule has 0 radical (unpaired) electrons. The summed E-state index contributed by atoms with van der Waals surface area (Å²) >= 11 is 0. The van der Waals surface area contributed by atoms with Gasteiger partial charge in [0.05, 0.1) is 28.9 Å². The van der Waals surface area contributed by atoms with Crippen LogP contribution in [0.1, 0.15) is 16.8 Å². The molecule has 0 bridgehead atoms. The largest absolute Gasteiger partial charge is 0.496 e. The van der Waals surface area contributed by atoms with Gasteiger partial charge in [-0.05, 0) is 6.07 Å². The zero-order chi connectivity index (χ0) is 20.4. The van der Waals surface area contributed by atoms with Crippen LogP contribution in [0.4, 0.5) is 5.69 Å². The Labute approximate surface area is 165 Å². The predicted molar refractivity (Wildman–Crippen MR) is 103 cm³/mol. The van der Waals surface area contributed by atoms with Gasteiger partial charge in [-0.2, -0.15) is 0 Å². The highest BCUT2D eigenvalue weighted by Gasteiger charge is 2.23. The molecule has 1 aliphatic rings. The number of hydrogen-bond acceptors (Lipinski definition) is 8. The van der Waals surface area contributed by atoms with E-state index in [1.54, 1.807) is 18.5 Å². The maximum atomic E-state index is 12.6. The maximum absolute atomic E-state index is 12.6. The summed E-state index contributed by atoms with van der Waals surface area (Å²) in [5.74, 6) is 1.02. The number of nitro groups is 1. The van der Waals surface area contributed by atoms with Gasteiger partial charge in [0.15, 0.2) is 0 Å². The topological polar surface area (TPSA) is 127 Å². The summed E-state index contributed by atoms with van der Waals surface area (Å²) in [6.45, 7) is 1.49. The molecule has 0 amide bonds. The first-order chi connectivity index (χ1) is 14.0. The van der Waals surface area contributed by atoms with Crippen molar-refractivity contribution in [1.82, 2.24) is 24.8 Å². The summed E-state index contributed by atoms with van der Waals surface area (Å²) in [5, 5.41) is 11.1. The van der Waals surface area contributed by atoms with E-state index >= 15 is 0 Å². The first-order valence-electron chi connectivity index (χ1n) is 8.96. The number of benzene rings is 1. The van der Waals surface area contributed by atoms with Gasteiger partial charge < -0.3 is 9.72 Å². The Hall–Kier alpha value is -3.66. The number of methoxy groups -OCH3 is 1. The van der Waals surface area contributed by atoms with Crippen LogP contribution in [-0.2, 0) is 19.5 Å². The van der Waals surface area contributed by atoms with Gasteiger partial charge in [0.1, 0.15) is 17.9 Å². The molecule has 4 rings (SSSR count). The van der Waals surface area contributed by atoms with Crippen LogP contribution in [0.15, 0.2) is 41.7 Å². The van der Waals surface area contributed by atoms with E-state index in [2.05, 4.69) is 19.9 Å². The molecule has 0 aliphatic carbocycles. The van der Waals surface area contributed by atoms with Gasteiger partial charge in [0.25, 0.3) is 11.2 Å². The quantitative estimate of drug-likeness (QED) is 0.512. The molecule has 0 atom stereocenters. The number of nitrogens with one attached hydrogen (secondary N) is 1. The van der Waals surface area contributed by atoms with E-state index in [0.29, 0.717) is 54.3 Å². The number of hydrogen-bond donors (Lipinski definition) is 1. The standard InChI is InChI=1S/C19H18N6O4/c1-29-17-3-2-14(25(27)28)6-12(17)9-24-5-4-16-15(10-24)19(26)23-18(22-16)13-7-20-11-21-8-13/h2-3,6-8,11H,4-5,9-10H2,1H3,(H,22,23,26). The normalized spacial score (nSPS) is 13.7. The molecule has 2 aromatic heterocycles. The van der Waals surface area contributed by atoms with Crippen LogP contribution < -0.4 is 10.3 Å². The second-order valence-electron chi connectivity index (χ2n) is 6.68. The molecule has 3 heterocycles. The van der Waals surface area contributed by atoms with Gasteiger partial charge in [-0.15, -0.1) is 0 Å². The summed E-state index contributed by atoms with van der Waals surface area (Å²) in [6.07, 6.45) is 5.21. The fourth-order valence-electron chi connectivity index (χ4n) is 3.42. The third-order valence-electron chi connectivity index (χ3n) is 4.85. The molecule has 0 fully saturated rings. The highest BCUT2D eigenvalue weighted by atomic mass is 16.6. The molecule has 29 heavy (non-hydrogen) atoms. The average molecular weight is 394 g/mol. The smallest absolute Gasteiger partial charge is 0.270 e. The van der Waals surface area contributed by atoms with E-state index in [1.165, 1.54) is 25.6 Å². The van der Waals surface area contributed by atoms with Crippen LogP contribution in [0.2, 0.25) is 0 Å². The summed E-state index contributed by atoms with van der Waals surface area (Å²) in [5.41, 5.74) is 2.50.